The van der Waals surface area contributed by atoms with Crippen LogP contribution in [-0.4, -0.2) is 31.3 Å². The number of furan rings is 1. The average molecular weight is 253 g/mol. The van der Waals surface area contributed by atoms with Gasteiger partial charge in [0.1, 0.15) is 12.0 Å². The summed E-state index contributed by atoms with van der Waals surface area (Å²) >= 11 is 0. The summed E-state index contributed by atoms with van der Waals surface area (Å²) < 4.78 is 9.87. The summed E-state index contributed by atoms with van der Waals surface area (Å²) in [6, 6.07) is 1.68. The molecule has 0 spiro atoms. The zero-order valence-electron chi connectivity index (χ0n) is 10.6. The molecule has 1 fully saturated rings. The highest BCUT2D eigenvalue weighted by atomic mass is 16.5. The van der Waals surface area contributed by atoms with Crippen LogP contribution in [0.4, 0.5) is 0 Å². The van der Waals surface area contributed by atoms with Crippen LogP contribution >= 0.6 is 0 Å². The molecule has 1 aromatic heterocycles. The second kappa shape index (κ2) is 5.54. The molecule has 0 aromatic carbocycles. The Balaban J connectivity index is 1.77. The number of carbonyl (C=O) groups is 1. The molecule has 0 bridgehead atoms. The van der Waals surface area contributed by atoms with Crippen LogP contribution in [0.3, 0.4) is 0 Å². The average Bonchev–Trinajstić information content (AvgIpc) is 2.96. The Bertz CT molecular complexity index is 409. The number of methoxy groups -OCH3 is 1. The first-order chi connectivity index (χ1) is 8.69. The topological polar surface area (TPSA) is 71.7 Å². The third kappa shape index (κ3) is 3.11. The van der Waals surface area contributed by atoms with E-state index in [1.54, 1.807) is 6.07 Å². The zero-order valence-corrected chi connectivity index (χ0v) is 10.6. The van der Waals surface area contributed by atoms with Gasteiger partial charge in [0.05, 0.1) is 19.2 Å². The van der Waals surface area contributed by atoms with Crippen LogP contribution in [0.2, 0.25) is 0 Å². The first-order valence-corrected chi connectivity index (χ1v) is 6.16. The fourth-order valence-corrected chi connectivity index (χ4v) is 2.08. The van der Waals surface area contributed by atoms with Gasteiger partial charge in [-0.05, 0) is 30.7 Å². The first-order valence-electron chi connectivity index (χ1n) is 6.16. The van der Waals surface area contributed by atoms with Crippen molar-refractivity contribution in [3.8, 4) is 0 Å². The summed E-state index contributed by atoms with van der Waals surface area (Å²) in [7, 11) is 1.35. The van der Waals surface area contributed by atoms with Gasteiger partial charge < -0.3 is 19.6 Å². The van der Waals surface area contributed by atoms with Crippen LogP contribution in [0, 0.1) is 5.41 Å². The normalized spacial score (nSPS) is 16.6. The van der Waals surface area contributed by atoms with Crippen molar-refractivity contribution < 1.29 is 19.1 Å². The van der Waals surface area contributed by atoms with Crippen LogP contribution in [0.15, 0.2) is 16.7 Å². The molecular formula is C13H19NO4. The molecule has 2 N–H and O–H groups in total. The minimum absolute atomic E-state index is 0.245. The fourth-order valence-electron chi connectivity index (χ4n) is 2.08. The molecule has 1 aliphatic carbocycles. The smallest absolute Gasteiger partial charge is 0.341 e. The number of aliphatic hydroxyl groups is 1. The molecule has 1 heterocycles. The number of esters is 1. The molecule has 0 aliphatic heterocycles. The van der Waals surface area contributed by atoms with Crippen molar-refractivity contribution in [1.82, 2.24) is 5.32 Å². The first kappa shape index (κ1) is 13.1. The van der Waals surface area contributed by atoms with Gasteiger partial charge in [0.15, 0.2) is 0 Å². The van der Waals surface area contributed by atoms with Crippen LogP contribution in [0.5, 0.6) is 0 Å². The van der Waals surface area contributed by atoms with Gasteiger partial charge >= 0.3 is 5.97 Å². The summed E-state index contributed by atoms with van der Waals surface area (Å²) in [5, 5.41) is 12.3. The van der Waals surface area contributed by atoms with Gasteiger partial charge in [-0.3, -0.25) is 0 Å². The maximum atomic E-state index is 11.2. The van der Waals surface area contributed by atoms with Gasteiger partial charge in [-0.1, -0.05) is 0 Å². The SMILES string of the molecule is COC(=O)c1coc(CNCC2(CCO)CC2)c1. The lowest BCUT2D eigenvalue weighted by Crippen LogP contribution is -2.24. The highest BCUT2D eigenvalue weighted by molar-refractivity contribution is 5.88. The van der Waals surface area contributed by atoms with Gasteiger partial charge in [0.25, 0.3) is 0 Å². The van der Waals surface area contributed by atoms with Crippen molar-refractivity contribution in [3.63, 3.8) is 0 Å². The third-order valence-corrected chi connectivity index (χ3v) is 3.47. The largest absolute Gasteiger partial charge is 0.467 e. The van der Waals surface area contributed by atoms with Crippen molar-refractivity contribution in [2.24, 2.45) is 5.41 Å². The van der Waals surface area contributed by atoms with E-state index in [0.717, 1.165) is 18.7 Å². The molecule has 0 amide bonds. The second-order valence-electron chi connectivity index (χ2n) is 4.87. The monoisotopic (exact) mass is 253 g/mol. The third-order valence-electron chi connectivity index (χ3n) is 3.47. The number of ether oxygens (including phenoxy) is 1. The number of nitrogens with one attached hydrogen (secondary N) is 1. The minimum atomic E-state index is -0.385. The summed E-state index contributed by atoms with van der Waals surface area (Å²) in [4.78, 5) is 11.2. The quantitative estimate of drug-likeness (QED) is 0.717. The predicted molar refractivity (Wildman–Crippen MR) is 65.1 cm³/mol. The minimum Gasteiger partial charge on any atom is -0.467 e. The van der Waals surface area contributed by atoms with E-state index in [-0.39, 0.29) is 18.0 Å². The Morgan fingerprint density at radius 2 is 2.39 bits per heavy atom. The highest BCUT2D eigenvalue weighted by Crippen LogP contribution is 2.47. The van der Waals surface area contributed by atoms with Crippen molar-refractivity contribution in [2.75, 3.05) is 20.3 Å². The van der Waals surface area contributed by atoms with E-state index in [4.69, 9.17) is 9.52 Å². The lowest BCUT2D eigenvalue weighted by atomic mass is 10.0. The van der Waals surface area contributed by atoms with Gasteiger partial charge in [-0.25, -0.2) is 4.79 Å². The van der Waals surface area contributed by atoms with Crippen molar-refractivity contribution in [1.29, 1.82) is 0 Å². The number of hydrogen-bond donors (Lipinski definition) is 2. The summed E-state index contributed by atoms with van der Waals surface area (Å²) in [6.07, 6.45) is 4.60. The van der Waals surface area contributed by atoms with Crippen molar-refractivity contribution in [2.45, 2.75) is 25.8 Å². The van der Waals surface area contributed by atoms with E-state index >= 15 is 0 Å². The van der Waals surface area contributed by atoms with Crippen LogP contribution in [0.1, 0.15) is 35.4 Å². The molecule has 0 unspecified atom stereocenters. The predicted octanol–water partition coefficient (Wildman–Crippen LogP) is 1.32. The van der Waals surface area contributed by atoms with E-state index in [0.29, 0.717) is 12.1 Å². The van der Waals surface area contributed by atoms with Gasteiger partial charge in [-0.2, -0.15) is 0 Å². The molecule has 18 heavy (non-hydrogen) atoms. The lowest BCUT2D eigenvalue weighted by Gasteiger charge is -2.13. The van der Waals surface area contributed by atoms with E-state index in [1.165, 1.54) is 26.2 Å². The Morgan fingerprint density at radius 1 is 1.61 bits per heavy atom. The number of rotatable bonds is 7. The van der Waals surface area contributed by atoms with E-state index in [9.17, 15) is 4.79 Å². The van der Waals surface area contributed by atoms with E-state index in [2.05, 4.69) is 10.1 Å². The van der Waals surface area contributed by atoms with Gasteiger partial charge in [0.2, 0.25) is 0 Å². The second-order valence-corrected chi connectivity index (χ2v) is 4.87. The molecule has 1 aromatic rings. The molecule has 5 heteroatoms. The number of aliphatic hydroxyl groups excluding tert-OH is 1. The summed E-state index contributed by atoms with van der Waals surface area (Å²) in [6.45, 7) is 1.71. The van der Waals surface area contributed by atoms with Crippen LogP contribution in [0.25, 0.3) is 0 Å². The Hall–Kier alpha value is -1.33. The molecule has 1 saturated carbocycles. The van der Waals surface area contributed by atoms with Crippen LogP contribution < -0.4 is 5.32 Å². The molecule has 0 atom stereocenters. The molecule has 5 nitrogen and oxygen atoms in total. The number of hydrogen-bond acceptors (Lipinski definition) is 5. The van der Waals surface area contributed by atoms with E-state index in [1.807, 2.05) is 0 Å². The van der Waals surface area contributed by atoms with Crippen LogP contribution in [-0.2, 0) is 11.3 Å². The molecule has 1 aliphatic rings. The molecular weight excluding hydrogens is 234 g/mol. The Labute approximate surface area is 106 Å². The highest BCUT2D eigenvalue weighted by Gasteiger charge is 2.41. The molecule has 100 valence electrons. The van der Waals surface area contributed by atoms with Crippen molar-refractivity contribution in [3.05, 3.63) is 23.7 Å². The number of carbonyl (C=O) groups excluding carboxylic acids is 1. The molecule has 2 rings (SSSR count). The summed E-state index contributed by atoms with van der Waals surface area (Å²) in [5.74, 6) is 0.333. The maximum Gasteiger partial charge on any atom is 0.341 e. The van der Waals surface area contributed by atoms with Gasteiger partial charge in [-0.15, -0.1) is 0 Å². The molecule has 0 radical (unpaired) electrons. The summed E-state index contributed by atoms with van der Waals surface area (Å²) in [5.41, 5.74) is 0.720. The Morgan fingerprint density at radius 3 is 3.00 bits per heavy atom. The van der Waals surface area contributed by atoms with Gasteiger partial charge in [0, 0.05) is 13.2 Å². The lowest BCUT2D eigenvalue weighted by molar-refractivity contribution is 0.0600. The zero-order chi connectivity index (χ0) is 13.0. The van der Waals surface area contributed by atoms with E-state index < -0.39 is 0 Å². The molecule has 0 saturated heterocycles. The maximum absolute atomic E-state index is 11.2. The fraction of sp³-hybridized carbons (Fsp3) is 0.615. The standard InChI is InChI=1S/C13H19NO4/c1-17-12(16)10-6-11(18-8-10)7-14-9-13(2-3-13)4-5-15/h6,8,14-15H,2-5,7,9H2,1H3. The van der Waals surface area contributed by atoms with Crippen molar-refractivity contribution >= 4 is 5.97 Å². The Kier molecular flexibility index (Phi) is 4.04.